The van der Waals surface area contributed by atoms with Crippen molar-refractivity contribution in [3.63, 3.8) is 0 Å². The van der Waals surface area contributed by atoms with Gasteiger partial charge in [-0.3, -0.25) is 4.79 Å². The first-order chi connectivity index (χ1) is 10.6. The number of anilines is 1. The molecule has 1 atom stereocenters. The Morgan fingerprint density at radius 3 is 2.68 bits per heavy atom. The third kappa shape index (κ3) is 4.51. The van der Waals surface area contributed by atoms with Crippen molar-refractivity contribution < 1.29 is 14.3 Å². The smallest absolute Gasteiger partial charge is 0.322 e. The number of rotatable bonds is 6. The number of benzene rings is 1. The first kappa shape index (κ1) is 15.9. The number of amides is 1. The molecule has 1 aromatic carbocycles. The lowest BCUT2D eigenvalue weighted by molar-refractivity contribution is -0.118. The summed E-state index contributed by atoms with van der Waals surface area (Å²) in [4.78, 5) is 19.9. The molecule has 3 N–H and O–H groups in total. The fraction of sp³-hybridized carbons (Fsp3) is 0.267. The molecule has 2 aromatic rings. The van der Waals surface area contributed by atoms with Crippen molar-refractivity contribution in [3.8, 4) is 11.8 Å². The fourth-order valence-electron chi connectivity index (χ4n) is 1.68. The van der Waals surface area contributed by atoms with Gasteiger partial charge in [-0.25, -0.2) is 9.97 Å². The second-order valence-corrected chi connectivity index (χ2v) is 4.66. The van der Waals surface area contributed by atoms with Gasteiger partial charge >= 0.3 is 6.01 Å². The predicted octanol–water partition coefficient (Wildman–Crippen LogP) is 1.49. The van der Waals surface area contributed by atoms with Crippen LogP contribution < -0.4 is 15.8 Å². The summed E-state index contributed by atoms with van der Waals surface area (Å²) in [5.41, 5.74) is 7.08. The molecule has 7 nitrogen and oxygen atoms in total. The highest BCUT2D eigenvalue weighted by molar-refractivity contribution is 5.94. The zero-order valence-corrected chi connectivity index (χ0v) is 12.4. The Hall–Kier alpha value is -2.51. The molecule has 116 valence electrons. The minimum Gasteiger partial charge on any atom is -0.424 e. The van der Waals surface area contributed by atoms with E-state index in [1.54, 1.807) is 36.5 Å². The standard InChI is InChI=1S/C15H18N4O3/c1-10-7-8-17-15(18-10)22-12-5-3-11(4-6-12)19-14(20)13(16)9-21-2/h3-8,13H,9,16H2,1-2H3,(H,19,20). The van der Waals surface area contributed by atoms with Crippen LogP contribution in [0.2, 0.25) is 0 Å². The minimum atomic E-state index is -0.707. The number of hydrogen-bond donors (Lipinski definition) is 2. The van der Waals surface area contributed by atoms with E-state index in [1.165, 1.54) is 7.11 Å². The van der Waals surface area contributed by atoms with Crippen LogP contribution >= 0.6 is 0 Å². The molecule has 1 aromatic heterocycles. The van der Waals surface area contributed by atoms with Crippen molar-refractivity contribution in [3.05, 3.63) is 42.2 Å². The van der Waals surface area contributed by atoms with Gasteiger partial charge in [0.2, 0.25) is 5.91 Å². The lowest BCUT2D eigenvalue weighted by Gasteiger charge is -2.11. The third-order valence-electron chi connectivity index (χ3n) is 2.79. The first-order valence-electron chi connectivity index (χ1n) is 6.71. The molecule has 1 amide bonds. The average molecular weight is 302 g/mol. The summed E-state index contributed by atoms with van der Waals surface area (Å²) in [6, 6.07) is 8.20. The molecular weight excluding hydrogens is 284 g/mol. The lowest BCUT2D eigenvalue weighted by Crippen LogP contribution is -2.39. The lowest BCUT2D eigenvalue weighted by atomic mass is 10.2. The second kappa shape index (κ2) is 7.48. The normalized spacial score (nSPS) is 11.8. The summed E-state index contributed by atoms with van der Waals surface area (Å²) in [6.45, 7) is 2.02. The molecule has 0 saturated carbocycles. The maximum Gasteiger partial charge on any atom is 0.322 e. The van der Waals surface area contributed by atoms with E-state index < -0.39 is 6.04 Å². The van der Waals surface area contributed by atoms with E-state index in [4.69, 9.17) is 15.2 Å². The maximum atomic E-state index is 11.7. The summed E-state index contributed by atoms with van der Waals surface area (Å²) in [7, 11) is 1.49. The highest BCUT2D eigenvalue weighted by atomic mass is 16.5. The number of ether oxygens (including phenoxy) is 2. The van der Waals surface area contributed by atoms with Crippen LogP contribution in [0.4, 0.5) is 5.69 Å². The van der Waals surface area contributed by atoms with Crippen LogP contribution in [0.3, 0.4) is 0 Å². The van der Waals surface area contributed by atoms with Gasteiger partial charge in [0.15, 0.2) is 0 Å². The molecule has 1 unspecified atom stereocenters. The summed E-state index contributed by atoms with van der Waals surface area (Å²) >= 11 is 0. The van der Waals surface area contributed by atoms with Gasteiger partial charge in [0, 0.05) is 24.7 Å². The van der Waals surface area contributed by atoms with E-state index in [9.17, 15) is 4.79 Å². The zero-order chi connectivity index (χ0) is 15.9. The van der Waals surface area contributed by atoms with Gasteiger partial charge in [0.25, 0.3) is 0 Å². The number of hydrogen-bond acceptors (Lipinski definition) is 6. The van der Waals surface area contributed by atoms with Crippen LogP contribution in [-0.2, 0) is 9.53 Å². The highest BCUT2D eigenvalue weighted by Crippen LogP contribution is 2.20. The van der Waals surface area contributed by atoms with E-state index >= 15 is 0 Å². The topological polar surface area (TPSA) is 99.4 Å². The van der Waals surface area contributed by atoms with Gasteiger partial charge in [-0.15, -0.1) is 0 Å². The fourth-order valence-corrected chi connectivity index (χ4v) is 1.68. The Kier molecular flexibility index (Phi) is 5.40. The van der Waals surface area contributed by atoms with E-state index in [1.807, 2.05) is 6.92 Å². The van der Waals surface area contributed by atoms with E-state index in [0.717, 1.165) is 5.69 Å². The maximum absolute atomic E-state index is 11.7. The quantitative estimate of drug-likeness (QED) is 0.838. The zero-order valence-electron chi connectivity index (χ0n) is 12.4. The number of carbonyl (C=O) groups is 1. The van der Waals surface area contributed by atoms with E-state index in [0.29, 0.717) is 11.4 Å². The van der Waals surface area contributed by atoms with Crippen molar-refractivity contribution in [2.75, 3.05) is 19.0 Å². The number of carbonyl (C=O) groups excluding carboxylic acids is 1. The van der Waals surface area contributed by atoms with Crippen LogP contribution in [0.15, 0.2) is 36.5 Å². The molecule has 1 heterocycles. The van der Waals surface area contributed by atoms with E-state index in [2.05, 4.69) is 15.3 Å². The second-order valence-electron chi connectivity index (χ2n) is 4.66. The molecule has 0 radical (unpaired) electrons. The summed E-state index contributed by atoms with van der Waals surface area (Å²) < 4.78 is 10.4. The Bertz CT molecular complexity index is 631. The van der Waals surface area contributed by atoms with Crippen LogP contribution in [0.5, 0.6) is 11.8 Å². The predicted molar refractivity (Wildman–Crippen MR) is 81.8 cm³/mol. The monoisotopic (exact) mass is 302 g/mol. The molecule has 0 aliphatic carbocycles. The number of nitrogens with two attached hydrogens (primary N) is 1. The van der Waals surface area contributed by atoms with Gasteiger partial charge in [-0.1, -0.05) is 0 Å². The summed E-state index contributed by atoms with van der Waals surface area (Å²) in [5.74, 6) is 0.266. The average Bonchev–Trinajstić information content (AvgIpc) is 2.49. The van der Waals surface area contributed by atoms with Gasteiger partial charge in [-0.2, -0.15) is 0 Å². The Labute approximate surface area is 128 Å². The SMILES string of the molecule is COCC(N)C(=O)Nc1ccc(Oc2nccc(C)n2)cc1. The van der Waals surface area contributed by atoms with Gasteiger partial charge < -0.3 is 20.5 Å². The number of nitrogens with one attached hydrogen (secondary N) is 1. The Morgan fingerprint density at radius 2 is 2.05 bits per heavy atom. The molecule has 0 spiro atoms. The number of nitrogens with zero attached hydrogens (tertiary/aromatic N) is 2. The molecule has 7 heteroatoms. The van der Waals surface area contributed by atoms with Crippen molar-refractivity contribution in [2.24, 2.45) is 5.73 Å². The van der Waals surface area contributed by atoms with Crippen molar-refractivity contribution >= 4 is 11.6 Å². The van der Waals surface area contributed by atoms with Crippen LogP contribution in [0.1, 0.15) is 5.69 Å². The Balaban J connectivity index is 1.97. The molecule has 0 saturated heterocycles. The third-order valence-corrected chi connectivity index (χ3v) is 2.79. The molecule has 0 bridgehead atoms. The molecule has 22 heavy (non-hydrogen) atoms. The number of methoxy groups -OCH3 is 1. The summed E-state index contributed by atoms with van der Waals surface area (Å²) in [5, 5.41) is 2.70. The highest BCUT2D eigenvalue weighted by Gasteiger charge is 2.13. The molecule has 0 fully saturated rings. The molecular formula is C15H18N4O3. The molecule has 2 rings (SSSR count). The van der Waals surface area contributed by atoms with Crippen molar-refractivity contribution in [1.82, 2.24) is 9.97 Å². The number of aryl methyl sites for hydroxylation is 1. The van der Waals surface area contributed by atoms with Crippen molar-refractivity contribution in [1.29, 1.82) is 0 Å². The first-order valence-corrected chi connectivity index (χ1v) is 6.71. The Morgan fingerprint density at radius 1 is 1.32 bits per heavy atom. The number of aromatic nitrogens is 2. The largest absolute Gasteiger partial charge is 0.424 e. The summed E-state index contributed by atoms with van der Waals surface area (Å²) in [6.07, 6.45) is 1.63. The minimum absolute atomic E-state index is 0.164. The van der Waals surface area contributed by atoms with Crippen LogP contribution in [0.25, 0.3) is 0 Å². The van der Waals surface area contributed by atoms with Crippen molar-refractivity contribution in [2.45, 2.75) is 13.0 Å². The van der Waals surface area contributed by atoms with Gasteiger partial charge in [-0.05, 0) is 37.3 Å². The van der Waals surface area contributed by atoms with Gasteiger partial charge in [0.05, 0.1) is 6.61 Å². The van der Waals surface area contributed by atoms with Crippen LogP contribution in [-0.4, -0.2) is 35.6 Å². The van der Waals surface area contributed by atoms with Gasteiger partial charge in [0.1, 0.15) is 11.8 Å². The van der Waals surface area contributed by atoms with E-state index in [-0.39, 0.29) is 18.5 Å². The molecule has 0 aliphatic heterocycles. The molecule has 0 aliphatic rings. The van der Waals surface area contributed by atoms with Crippen LogP contribution in [0, 0.1) is 6.92 Å².